The third-order valence-corrected chi connectivity index (χ3v) is 2.05. The summed E-state index contributed by atoms with van der Waals surface area (Å²) in [5, 5.41) is 11.9. The van der Waals surface area contributed by atoms with Gasteiger partial charge in [0.15, 0.2) is 0 Å². The van der Waals surface area contributed by atoms with Gasteiger partial charge in [0, 0.05) is 6.54 Å². The summed E-state index contributed by atoms with van der Waals surface area (Å²) in [5.74, 6) is 0. The minimum Gasteiger partial charge on any atom is -0.299 e. The number of nitrogens with zero attached hydrogens (tertiary/aromatic N) is 2. The molecule has 0 spiro atoms. The van der Waals surface area contributed by atoms with E-state index in [4.69, 9.17) is 5.26 Å². The summed E-state index contributed by atoms with van der Waals surface area (Å²) in [6.45, 7) is 3.20. The molecule has 0 aliphatic carbocycles. The fraction of sp³-hybridized carbons (Fsp3) is 0.900. The van der Waals surface area contributed by atoms with E-state index in [1.54, 1.807) is 6.92 Å². The van der Waals surface area contributed by atoms with Gasteiger partial charge in [0.25, 0.3) is 0 Å². The zero-order valence-electron chi connectivity index (χ0n) is 9.86. The maximum Gasteiger partial charge on any atom is 0.401 e. The van der Waals surface area contributed by atoms with Crippen molar-refractivity contribution in [2.75, 3.05) is 26.7 Å². The normalized spacial score (nSPS) is 15.9. The van der Waals surface area contributed by atoms with Crippen molar-refractivity contribution in [3.63, 3.8) is 0 Å². The fourth-order valence-electron chi connectivity index (χ4n) is 1.43. The van der Waals surface area contributed by atoms with Gasteiger partial charge < -0.3 is 0 Å². The Balaban J connectivity index is 4.26. The van der Waals surface area contributed by atoms with Crippen molar-refractivity contribution < 1.29 is 13.2 Å². The zero-order chi connectivity index (χ0) is 12.8. The summed E-state index contributed by atoms with van der Waals surface area (Å²) in [6, 6.07) is 2.01. The van der Waals surface area contributed by atoms with Crippen LogP contribution in [0.3, 0.4) is 0 Å². The van der Waals surface area contributed by atoms with Crippen molar-refractivity contribution in [2.45, 2.75) is 32.0 Å². The number of nitrogens with one attached hydrogen (secondary N) is 1. The van der Waals surface area contributed by atoms with Gasteiger partial charge in [0.1, 0.15) is 5.54 Å². The van der Waals surface area contributed by atoms with Crippen LogP contribution in [-0.2, 0) is 0 Å². The number of halogens is 3. The second-order valence-electron chi connectivity index (χ2n) is 4.16. The van der Waals surface area contributed by atoms with E-state index in [-0.39, 0.29) is 6.54 Å². The standard InChI is InChI=1S/C10H18F3N3/c1-4-5-15-9(2,6-14)7-16(3)8-10(11,12)13/h15H,4-5,7-8H2,1-3H3. The number of nitriles is 1. The van der Waals surface area contributed by atoms with Crippen LogP contribution in [-0.4, -0.2) is 43.3 Å². The van der Waals surface area contributed by atoms with Crippen LogP contribution in [0.4, 0.5) is 13.2 Å². The Bertz CT molecular complexity index is 247. The molecule has 0 heterocycles. The van der Waals surface area contributed by atoms with Crippen molar-refractivity contribution in [3.8, 4) is 6.07 Å². The molecule has 0 aliphatic rings. The van der Waals surface area contributed by atoms with E-state index in [0.29, 0.717) is 6.54 Å². The molecule has 0 saturated carbocycles. The van der Waals surface area contributed by atoms with Crippen LogP contribution in [0.15, 0.2) is 0 Å². The quantitative estimate of drug-likeness (QED) is 0.765. The van der Waals surface area contributed by atoms with Crippen molar-refractivity contribution in [1.29, 1.82) is 5.26 Å². The molecule has 3 nitrogen and oxygen atoms in total. The van der Waals surface area contributed by atoms with Crippen LogP contribution in [0.1, 0.15) is 20.3 Å². The SMILES string of the molecule is CCCNC(C)(C#N)CN(C)CC(F)(F)F. The number of alkyl halides is 3. The first-order valence-electron chi connectivity index (χ1n) is 5.14. The lowest BCUT2D eigenvalue weighted by Crippen LogP contribution is -2.51. The van der Waals surface area contributed by atoms with Gasteiger partial charge in [-0.3, -0.25) is 10.2 Å². The lowest BCUT2D eigenvalue weighted by molar-refractivity contribution is -0.144. The molecule has 0 fully saturated rings. The van der Waals surface area contributed by atoms with Crippen molar-refractivity contribution in [3.05, 3.63) is 0 Å². The first-order valence-corrected chi connectivity index (χ1v) is 5.14. The van der Waals surface area contributed by atoms with Crippen molar-refractivity contribution in [2.24, 2.45) is 0 Å². The molecule has 6 heteroatoms. The Hall–Kier alpha value is -0.800. The summed E-state index contributed by atoms with van der Waals surface area (Å²) in [4.78, 5) is 1.10. The predicted molar refractivity (Wildman–Crippen MR) is 55.9 cm³/mol. The predicted octanol–water partition coefficient (Wildman–Crippen LogP) is 1.76. The summed E-state index contributed by atoms with van der Waals surface area (Å²) < 4.78 is 36.3. The fourth-order valence-corrected chi connectivity index (χ4v) is 1.43. The molecule has 0 radical (unpaired) electrons. The molecule has 1 N–H and O–H groups in total. The minimum atomic E-state index is -4.23. The van der Waals surface area contributed by atoms with E-state index in [0.717, 1.165) is 11.3 Å². The molecule has 0 aromatic carbocycles. The van der Waals surface area contributed by atoms with E-state index in [1.807, 2.05) is 13.0 Å². The molecule has 0 bridgehead atoms. The molecular weight excluding hydrogens is 219 g/mol. The number of likely N-dealkylation sites (N-methyl/N-ethyl adjacent to an activating group) is 1. The molecule has 16 heavy (non-hydrogen) atoms. The third-order valence-electron chi connectivity index (χ3n) is 2.05. The van der Waals surface area contributed by atoms with E-state index in [9.17, 15) is 13.2 Å². The van der Waals surface area contributed by atoms with Gasteiger partial charge in [-0.1, -0.05) is 6.92 Å². The zero-order valence-corrected chi connectivity index (χ0v) is 9.86. The summed E-state index contributed by atoms with van der Waals surface area (Å²) in [7, 11) is 1.36. The highest BCUT2D eigenvalue weighted by molar-refractivity contribution is 5.05. The first kappa shape index (κ1) is 15.2. The summed E-state index contributed by atoms with van der Waals surface area (Å²) >= 11 is 0. The molecule has 0 amide bonds. The molecule has 0 rings (SSSR count). The highest BCUT2D eigenvalue weighted by Gasteiger charge is 2.32. The number of hydrogen-bond donors (Lipinski definition) is 1. The van der Waals surface area contributed by atoms with Crippen LogP contribution in [0.5, 0.6) is 0 Å². The van der Waals surface area contributed by atoms with E-state index in [2.05, 4.69) is 5.32 Å². The lowest BCUT2D eigenvalue weighted by Gasteiger charge is -2.29. The monoisotopic (exact) mass is 237 g/mol. The highest BCUT2D eigenvalue weighted by atomic mass is 19.4. The Morgan fingerprint density at radius 2 is 1.88 bits per heavy atom. The van der Waals surface area contributed by atoms with Crippen LogP contribution < -0.4 is 5.32 Å². The van der Waals surface area contributed by atoms with Gasteiger partial charge in [0.05, 0.1) is 12.6 Å². The smallest absolute Gasteiger partial charge is 0.299 e. The van der Waals surface area contributed by atoms with Crippen molar-refractivity contribution in [1.82, 2.24) is 10.2 Å². The van der Waals surface area contributed by atoms with Gasteiger partial charge in [-0.05, 0) is 26.9 Å². The maximum absolute atomic E-state index is 12.1. The van der Waals surface area contributed by atoms with Crippen LogP contribution in [0.2, 0.25) is 0 Å². The molecule has 94 valence electrons. The van der Waals surface area contributed by atoms with Gasteiger partial charge in [-0.15, -0.1) is 0 Å². The average Bonchev–Trinajstić information content (AvgIpc) is 2.11. The number of rotatable bonds is 6. The van der Waals surface area contributed by atoms with Crippen LogP contribution in [0, 0.1) is 11.3 Å². The van der Waals surface area contributed by atoms with Crippen molar-refractivity contribution >= 4 is 0 Å². The van der Waals surface area contributed by atoms with E-state index < -0.39 is 18.3 Å². The Morgan fingerprint density at radius 3 is 2.25 bits per heavy atom. The Labute approximate surface area is 94.2 Å². The van der Waals surface area contributed by atoms with Gasteiger partial charge in [-0.2, -0.15) is 18.4 Å². The third kappa shape index (κ3) is 6.64. The van der Waals surface area contributed by atoms with Gasteiger partial charge in [-0.25, -0.2) is 0 Å². The topological polar surface area (TPSA) is 39.1 Å². The molecule has 1 unspecified atom stereocenters. The van der Waals surface area contributed by atoms with Crippen LogP contribution >= 0.6 is 0 Å². The minimum absolute atomic E-state index is 0.0447. The largest absolute Gasteiger partial charge is 0.401 e. The number of hydrogen-bond acceptors (Lipinski definition) is 3. The molecule has 0 aliphatic heterocycles. The Kier molecular flexibility index (Phi) is 5.76. The highest BCUT2D eigenvalue weighted by Crippen LogP contribution is 2.16. The van der Waals surface area contributed by atoms with Crippen LogP contribution in [0.25, 0.3) is 0 Å². The Morgan fingerprint density at radius 1 is 1.31 bits per heavy atom. The van der Waals surface area contributed by atoms with E-state index in [1.165, 1.54) is 7.05 Å². The molecular formula is C10H18F3N3. The average molecular weight is 237 g/mol. The van der Waals surface area contributed by atoms with Gasteiger partial charge in [0.2, 0.25) is 0 Å². The lowest BCUT2D eigenvalue weighted by atomic mass is 10.0. The summed E-state index contributed by atoms with van der Waals surface area (Å²) in [5.41, 5.74) is -0.935. The molecule has 0 aromatic rings. The van der Waals surface area contributed by atoms with Gasteiger partial charge >= 0.3 is 6.18 Å². The molecule has 1 atom stereocenters. The van der Waals surface area contributed by atoms with E-state index >= 15 is 0 Å². The first-order chi connectivity index (χ1) is 7.22. The molecule has 0 aromatic heterocycles. The summed E-state index contributed by atoms with van der Waals surface area (Å²) in [6.07, 6.45) is -3.39. The molecule has 0 saturated heterocycles. The second-order valence-corrected chi connectivity index (χ2v) is 4.16. The second kappa shape index (κ2) is 6.06. The maximum atomic E-state index is 12.1.